The molecule has 2 N–H and O–H groups in total. The normalized spacial score (nSPS) is 16.2. The second kappa shape index (κ2) is 6.35. The van der Waals surface area contributed by atoms with Gasteiger partial charge in [-0.25, -0.2) is 4.79 Å². The Bertz CT molecular complexity index is 626. The first-order valence-electron chi connectivity index (χ1n) is 6.78. The lowest BCUT2D eigenvalue weighted by Gasteiger charge is -2.25. The van der Waals surface area contributed by atoms with Crippen molar-refractivity contribution in [2.75, 3.05) is 6.26 Å². The van der Waals surface area contributed by atoms with Gasteiger partial charge in [-0.2, -0.15) is 0 Å². The number of thioether (sulfide) groups is 1. The first-order valence-corrected chi connectivity index (χ1v) is 8.00. The van der Waals surface area contributed by atoms with Crippen molar-refractivity contribution in [2.45, 2.75) is 36.1 Å². The summed E-state index contributed by atoms with van der Waals surface area (Å²) in [5, 5.41) is 22.9. The van der Waals surface area contributed by atoms with Crippen LogP contribution in [0.15, 0.2) is 23.1 Å². The molecule has 1 fully saturated rings. The number of nitrogens with one attached hydrogen (secondary N) is 1. The Morgan fingerprint density at radius 2 is 2.00 bits per heavy atom. The van der Waals surface area contributed by atoms with Crippen LogP contribution in [-0.2, 0) is 4.79 Å². The van der Waals surface area contributed by atoms with E-state index in [0.29, 0.717) is 17.7 Å². The van der Waals surface area contributed by atoms with Gasteiger partial charge in [-0.3, -0.25) is 14.9 Å². The molecule has 1 aliphatic rings. The second-order valence-corrected chi connectivity index (χ2v) is 6.04. The molecular weight excluding hydrogens is 308 g/mol. The Morgan fingerprint density at radius 1 is 1.36 bits per heavy atom. The number of benzene rings is 1. The summed E-state index contributed by atoms with van der Waals surface area (Å²) in [5.41, 5.74) is -1.32. The van der Waals surface area contributed by atoms with Crippen molar-refractivity contribution in [3.05, 3.63) is 33.9 Å². The van der Waals surface area contributed by atoms with Gasteiger partial charge in [-0.05, 0) is 31.2 Å². The van der Waals surface area contributed by atoms with Gasteiger partial charge in [0, 0.05) is 11.6 Å². The molecule has 1 amide bonds. The molecular formula is C14H16N2O5S. The number of nitro benzene ring substituents is 1. The average Bonchev–Trinajstić information content (AvgIpc) is 2.96. The number of hydrogen-bond donors (Lipinski definition) is 2. The lowest BCUT2D eigenvalue weighted by molar-refractivity contribution is -0.387. The maximum Gasteiger partial charge on any atom is 0.329 e. The second-order valence-electron chi connectivity index (χ2n) is 5.19. The first-order chi connectivity index (χ1) is 10.4. The summed E-state index contributed by atoms with van der Waals surface area (Å²) in [6.07, 6.45) is 3.93. The highest BCUT2D eigenvalue weighted by atomic mass is 32.2. The molecule has 7 nitrogen and oxygen atoms in total. The molecule has 0 saturated heterocycles. The van der Waals surface area contributed by atoms with E-state index < -0.39 is 22.3 Å². The fourth-order valence-electron chi connectivity index (χ4n) is 2.63. The molecule has 0 radical (unpaired) electrons. The van der Waals surface area contributed by atoms with E-state index in [9.17, 15) is 24.8 Å². The standard InChI is InChI=1S/C14H16N2O5S/c1-22-11-5-4-9(8-10(11)16(20)21)12(17)15-14(13(18)19)6-2-3-7-14/h4-5,8H,2-3,6-7H2,1H3,(H,15,17)(H,18,19). The van der Waals surface area contributed by atoms with Crippen LogP contribution in [0.1, 0.15) is 36.0 Å². The van der Waals surface area contributed by atoms with Crippen molar-refractivity contribution < 1.29 is 19.6 Å². The molecule has 118 valence electrons. The summed E-state index contributed by atoms with van der Waals surface area (Å²) < 4.78 is 0. The number of aliphatic carboxylic acids is 1. The van der Waals surface area contributed by atoms with E-state index in [1.54, 1.807) is 6.26 Å². The lowest BCUT2D eigenvalue weighted by atomic mass is 9.97. The van der Waals surface area contributed by atoms with Crippen molar-refractivity contribution in [1.82, 2.24) is 5.32 Å². The molecule has 2 rings (SSSR count). The maximum atomic E-state index is 12.3. The third-order valence-electron chi connectivity index (χ3n) is 3.86. The molecule has 1 saturated carbocycles. The van der Waals surface area contributed by atoms with Crippen molar-refractivity contribution in [1.29, 1.82) is 0 Å². The molecule has 1 aliphatic carbocycles. The molecule has 22 heavy (non-hydrogen) atoms. The Balaban J connectivity index is 2.28. The number of nitro groups is 1. The van der Waals surface area contributed by atoms with Gasteiger partial charge in [0.25, 0.3) is 11.6 Å². The van der Waals surface area contributed by atoms with Crippen molar-refractivity contribution in [2.24, 2.45) is 0 Å². The lowest BCUT2D eigenvalue weighted by Crippen LogP contribution is -2.52. The smallest absolute Gasteiger partial charge is 0.329 e. The van der Waals surface area contributed by atoms with E-state index in [1.165, 1.54) is 30.0 Å². The van der Waals surface area contributed by atoms with Gasteiger partial charge in [-0.15, -0.1) is 11.8 Å². The van der Waals surface area contributed by atoms with Crippen LogP contribution < -0.4 is 5.32 Å². The monoisotopic (exact) mass is 324 g/mol. The number of rotatable bonds is 5. The highest BCUT2D eigenvalue weighted by molar-refractivity contribution is 7.98. The largest absolute Gasteiger partial charge is 0.480 e. The van der Waals surface area contributed by atoms with Gasteiger partial charge < -0.3 is 10.4 Å². The molecule has 0 spiro atoms. The Labute approximate surface area is 131 Å². The Kier molecular flexibility index (Phi) is 4.70. The van der Waals surface area contributed by atoms with Crippen molar-refractivity contribution in [3.63, 3.8) is 0 Å². The molecule has 0 atom stereocenters. The number of carbonyl (C=O) groups excluding carboxylic acids is 1. The van der Waals surface area contributed by atoms with Crippen LogP contribution in [0.2, 0.25) is 0 Å². The first kappa shape index (κ1) is 16.3. The number of hydrogen-bond acceptors (Lipinski definition) is 5. The van der Waals surface area contributed by atoms with E-state index in [0.717, 1.165) is 12.8 Å². The van der Waals surface area contributed by atoms with Gasteiger partial charge >= 0.3 is 5.97 Å². The molecule has 0 heterocycles. The third-order valence-corrected chi connectivity index (χ3v) is 4.64. The molecule has 0 aliphatic heterocycles. The van der Waals surface area contributed by atoms with Gasteiger partial charge in [0.15, 0.2) is 0 Å². The van der Waals surface area contributed by atoms with E-state index in [1.807, 2.05) is 0 Å². The molecule has 0 unspecified atom stereocenters. The third kappa shape index (κ3) is 3.06. The van der Waals surface area contributed by atoms with Crippen LogP contribution in [0, 0.1) is 10.1 Å². The predicted octanol–water partition coefficient (Wildman–Crippen LogP) is 2.44. The fourth-order valence-corrected chi connectivity index (χ4v) is 3.18. The number of nitrogens with zero attached hydrogens (tertiary/aromatic N) is 1. The van der Waals surface area contributed by atoms with Gasteiger partial charge in [-0.1, -0.05) is 12.8 Å². The van der Waals surface area contributed by atoms with Crippen LogP contribution in [0.4, 0.5) is 5.69 Å². The maximum absolute atomic E-state index is 12.3. The summed E-state index contributed by atoms with van der Waals surface area (Å²) in [7, 11) is 0. The van der Waals surface area contributed by atoms with E-state index in [2.05, 4.69) is 5.32 Å². The summed E-state index contributed by atoms with van der Waals surface area (Å²) in [5.74, 6) is -1.66. The molecule has 0 bridgehead atoms. The quantitative estimate of drug-likeness (QED) is 0.489. The summed E-state index contributed by atoms with van der Waals surface area (Å²) in [6, 6.07) is 4.16. The number of carboxylic acids is 1. The minimum atomic E-state index is -1.26. The van der Waals surface area contributed by atoms with E-state index >= 15 is 0 Å². The van der Waals surface area contributed by atoms with Crippen molar-refractivity contribution in [3.8, 4) is 0 Å². The zero-order chi connectivity index (χ0) is 16.3. The van der Waals surface area contributed by atoms with Crippen LogP contribution >= 0.6 is 11.8 Å². The fraction of sp³-hybridized carbons (Fsp3) is 0.429. The molecule has 8 heteroatoms. The van der Waals surface area contributed by atoms with Gasteiger partial charge in [0.05, 0.1) is 9.82 Å². The summed E-state index contributed by atoms with van der Waals surface area (Å²) in [6.45, 7) is 0. The van der Waals surface area contributed by atoms with Crippen molar-refractivity contribution >= 4 is 29.3 Å². The van der Waals surface area contributed by atoms with Crippen LogP contribution in [0.25, 0.3) is 0 Å². The highest BCUT2D eigenvalue weighted by Crippen LogP contribution is 2.31. The number of amides is 1. The Hall–Kier alpha value is -2.09. The zero-order valence-electron chi connectivity index (χ0n) is 12.0. The van der Waals surface area contributed by atoms with E-state index in [-0.39, 0.29) is 11.3 Å². The van der Waals surface area contributed by atoms with Gasteiger partial charge in [0.1, 0.15) is 5.54 Å². The topological polar surface area (TPSA) is 110 Å². The summed E-state index contributed by atoms with van der Waals surface area (Å²) >= 11 is 1.21. The van der Waals surface area contributed by atoms with Crippen LogP contribution in [-0.4, -0.2) is 33.7 Å². The highest BCUT2D eigenvalue weighted by Gasteiger charge is 2.42. The van der Waals surface area contributed by atoms with Crippen LogP contribution in [0.5, 0.6) is 0 Å². The average molecular weight is 324 g/mol. The van der Waals surface area contributed by atoms with E-state index in [4.69, 9.17) is 0 Å². The molecule has 1 aromatic carbocycles. The Morgan fingerprint density at radius 3 is 2.50 bits per heavy atom. The SMILES string of the molecule is CSc1ccc(C(=O)NC2(C(=O)O)CCCC2)cc1[N+](=O)[O-]. The number of carbonyl (C=O) groups is 2. The number of carboxylic acid groups (broad SMARTS) is 1. The minimum Gasteiger partial charge on any atom is -0.480 e. The summed E-state index contributed by atoms with van der Waals surface area (Å²) in [4.78, 5) is 34.7. The van der Waals surface area contributed by atoms with Crippen LogP contribution in [0.3, 0.4) is 0 Å². The molecule has 1 aromatic rings. The van der Waals surface area contributed by atoms with Gasteiger partial charge in [0.2, 0.25) is 0 Å². The molecule has 0 aromatic heterocycles. The zero-order valence-corrected chi connectivity index (χ0v) is 12.8. The predicted molar refractivity (Wildman–Crippen MR) is 81.2 cm³/mol. The minimum absolute atomic E-state index is 0.0945.